The van der Waals surface area contributed by atoms with Crippen LogP contribution >= 0.6 is 11.9 Å². The third kappa shape index (κ3) is 11.8. The average molecular weight is 499 g/mol. The highest BCUT2D eigenvalue weighted by Gasteiger charge is 2.40. The van der Waals surface area contributed by atoms with E-state index in [-0.39, 0.29) is 24.3 Å². The first-order valence-electron chi connectivity index (χ1n) is 12.0. The predicted octanol–water partition coefficient (Wildman–Crippen LogP) is 3.14. The minimum absolute atomic E-state index is 0.196. The molecule has 2 fully saturated rings. The molecule has 2 aliphatic rings. The van der Waals surface area contributed by atoms with Crippen molar-refractivity contribution >= 4 is 35.8 Å². The van der Waals surface area contributed by atoms with Crippen LogP contribution in [0.25, 0.3) is 0 Å². The molecule has 3 unspecified atom stereocenters. The lowest BCUT2D eigenvalue weighted by atomic mass is 10.2. The van der Waals surface area contributed by atoms with E-state index < -0.39 is 23.6 Å². The smallest absolute Gasteiger partial charge is 0.408 e. The summed E-state index contributed by atoms with van der Waals surface area (Å²) in [4.78, 5) is 47.2. The largest absolute Gasteiger partial charge is 0.444 e. The Kier molecular flexibility index (Phi) is 13.1. The zero-order chi connectivity index (χ0) is 25.7. The van der Waals surface area contributed by atoms with Crippen molar-refractivity contribution in [2.24, 2.45) is 17.6 Å². The maximum atomic E-state index is 11.9. The molecule has 4 N–H and O–H groups in total. The maximum Gasteiger partial charge on any atom is 0.408 e. The number of carbonyl (C=O) groups is 4. The van der Waals surface area contributed by atoms with Crippen molar-refractivity contribution in [1.29, 1.82) is 0 Å². The third-order valence-electron chi connectivity index (χ3n) is 5.42. The van der Waals surface area contributed by atoms with Crippen LogP contribution in [0.2, 0.25) is 0 Å². The molecule has 194 valence electrons. The summed E-state index contributed by atoms with van der Waals surface area (Å²) >= 11 is 1.39. The summed E-state index contributed by atoms with van der Waals surface area (Å²) in [5.74, 6) is 0.125. The number of primary amides is 1. The average Bonchev–Trinajstić information content (AvgIpc) is 3.34. The molecular weight excluding hydrogens is 456 g/mol. The predicted molar refractivity (Wildman–Crippen MR) is 135 cm³/mol. The number of rotatable bonds is 10. The van der Waals surface area contributed by atoms with Gasteiger partial charge in [-0.15, -0.1) is 0 Å². The molecule has 1 aliphatic heterocycles. The van der Waals surface area contributed by atoms with E-state index in [2.05, 4.69) is 29.1 Å². The van der Waals surface area contributed by atoms with Crippen LogP contribution in [0.3, 0.4) is 0 Å². The number of nitrogens with zero attached hydrogens (tertiary/aromatic N) is 1. The third-order valence-corrected chi connectivity index (χ3v) is 5.83. The molecular formula is C24H42N4O5S. The van der Waals surface area contributed by atoms with E-state index in [1.54, 1.807) is 20.8 Å². The van der Waals surface area contributed by atoms with Crippen LogP contribution in [0.1, 0.15) is 72.6 Å². The van der Waals surface area contributed by atoms with E-state index in [9.17, 15) is 19.2 Å². The number of alkyl carbamates (subject to hydrolysis) is 1. The van der Waals surface area contributed by atoms with Crippen LogP contribution in [0.5, 0.6) is 0 Å². The number of amides is 4. The minimum atomic E-state index is -0.657. The lowest BCUT2D eigenvalue weighted by Gasteiger charge is -2.23. The van der Waals surface area contributed by atoms with Crippen LogP contribution < -0.4 is 15.8 Å². The van der Waals surface area contributed by atoms with Crippen molar-refractivity contribution in [3.8, 4) is 0 Å². The molecule has 0 aromatic heterocycles. The summed E-state index contributed by atoms with van der Waals surface area (Å²) in [7, 11) is 0. The van der Waals surface area contributed by atoms with E-state index in [4.69, 9.17) is 10.5 Å². The molecule has 34 heavy (non-hydrogen) atoms. The van der Waals surface area contributed by atoms with Crippen molar-refractivity contribution in [3.63, 3.8) is 0 Å². The summed E-state index contributed by atoms with van der Waals surface area (Å²) in [5.41, 5.74) is 4.61. The Balaban J connectivity index is 0.000000350. The van der Waals surface area contributed by atoms with Gasteiger partial charge in [0.1, 0.15) is 18.2 Å². The summed E-state index contributed by atoms with van der Waals surface area (Å²) < 4.78 is 7.80. The van der Waals surface area contributed by atoms with Gasteiger partial charge in [0.25, 0.3) is 0 Å². The summed E-state index contributed by atoms with van der Waals surface area (Å²) in [5, 5.41) is 2.37. The molecule has 1 saturated heterocycles. The lowest BCUT2D eigenvalue weighted by molar-refractivity contribution is -0.136. The first kappa shape index (κ1) is 29.8. The highest BCUT2D eigenvalue weighted by Crippen LogP contribution is 2.40. The van der Waals surface area contributed by atoms with Crippen molar-refractivity contribution in [2.75, 3.05) is 19.3 Å². The number of unbranched alkanes of at least 4 members (excludes halogenated alkanes) is 3. The van der Waals surface area contributed by atoms with Crippen LogP contribution in [-0.2, 0) is 19.1 Å². The number of nitrogens with one attached hydrogen (secondary N) is 2. The monoisotopic (exact) mass is 498 g/mol. The molecule has 1 saturated carbocycles. The second-order valence-corrected chi connectivity index (χ2v) is 10.2. The number of allylic oxidation sites excluding steroid dienone is 2. The van der Waals surface area contributed by atoms with Crippen molar-refractivity contribution in [2.45, 2.75) is 84.3 Å². The number of hydrogen-bond donors (Lipinski definition) is 3. The molecule has 4 amide bonds. The number of carbonyl (C=O) groups excluding carboxylic acids is 4. The van der Waals surface area contributed by atoms with E-state index in [1.165, 1.54) is 42.5 Å². The van der Waals surface area contributed by atoms with Gasteiger partial charge < -0.3 is 25.4 Å². The second-order valence-electron chi connectivity index (χ2n) is 9.60. The Morgan fingerprint density at radius 3 is 2.50 bits per heavy atom. The molecule has 3 atom stereocenters. The number of likely N-dealkylation sites (tertiary alicyclic amines) is 1. The molecule has 0 bridgehead atoms. The minimum Gasteiger partial charge on any atom is -0.444 e. The van der Waals surface area contributed by atoms with Crippen molar-refractivity contribution in [3.05, 3.63) is 12.2 Å². The highest BCUT2D eigenvalue weighted by atomic mass is 32.2. The topological polar surface area (TPSA) is 131 Å². The molecule has 1 heterocycles. The Labute approximate surface area is 208 Å². The Morgan fingerprint density at radius 1 is 1.21 bits per heavy atom. The van der Waals surface area contributed by atoms with Gasteiger partial charge in [0.15, 0.2) is 0 Å². The van der Waals surface area contributed by atoms with Gasteiger partial charge in [-0.2, -0.15) is 0 Å². The van der Waals surface area contributed by atoms with E-state index in [0.717, 1.165) is 12.8 Å². The first-order chi connectivity index (χ1) is 16.0. The first-order valence-corrected chi connectivity index (χ1v) is 13.3. The van der Waals surface area contributed by atoms with E-state index in [1.807, 2.05) is 6.26 Å². The molecule has 0 aromatic carbocycles. The van der Waals surface area contributed by atoms with Gasteiger partial charge >= 0.3 is 6.09 Å². The molecule has 0 spiro atoms. The van der Waals surface area contributed by atoms with Crippen molar-refractivity contribution < 1.29 is 23.9 Å². The lowest BCUT2D eigenvalue weighted by Crippen LogP contribution is -2.48. The van der Waals surface area contributed by atoms with Gasteiger partial charge in [-0.3, -0.25) is 14.4 Å². The van der Waals surface area contributed by atoms with Crippen molar-refractivity contribution in [1.82, 2.24) is 14.9 Å². The van der Waals surface area contributed by atoms with Crippen LogP contribution in [0.15, 0.2) is 12.2 Å². The normalized spacial score (nSPS) is 21.4. The van der Waals surface area contributed by atoms with Gasteiger partial charge in [0, 0.05) is 18.7 Å². The van der Waals surface area contributed by atoms with E-state index >= 15 is 0 Å². The molecule has 2 rings (SSSR count). The Bertz CT molecular complexity index is 723. The fraction of sp³-hybridized carbons (Fsp3) is 0.750. The fourth-order valence-corrected chi connectivity index (χ4v) is 3.97. The van der Waals surface area contributed by atoms with Crippen LogP contribution in [0, 0.1) is 11.8 Å². The molecule has 0 radical (unpaired) electrons. The molecule has 1 aliphatic carbocycles. The van der Waals surface area contributed by atoms with Gasteiger partial charge in [-0.25, -0.2) is 4.79 Å². The number of ether oxygens (including phenoxy) is 1. The molecule has 10 heteroatoms. The fourth-order valence-electron chi connectivity index (χ4n) is 3.61. The SMILES string of the molecule is CC(C)(C)OC(=O)NCC(=O)N1CCCC1C(N)=O.CCCCC/C=C\C1CC1C(=O)NSC. The maximum absolute atomic E-state index is 11.9. The molecule has 0 aromatic rings. The summed E-state index contributed by atoms with van der Waals surface area (Å²) in [6, 6.07) is -0.562. The highest BCUT2D eigenvalue weighted by molar-refractivity contribution is 7.97. The second kappa shape index (κ2) is 14.9. The number of hydrogen-bond acceptors (Lipinski definition) is 6. The van der Waals surface area contributed by atoms with Gasteiger partial charge in [0.05, 0.1) is 0 Å². The summed E-state index contributed by atoms with van der Waals surface area (Å²) in [6.07, 6.45) is 13.1. The quantitative estimate of drug-likeness (QED) is 0.241. The zero-order valence-electron chi connectivity index (χ0n) is 21.2. The Morgan fingerprint density at radius 2 is 1.91 bits per heavy atom. The Hall–Kier alpha value is -2.23. The van der Waals surface area contributed by atoms with Gasteiger partial charge in [-0.05, 0) is 58.8 Å². The molecule has 9 nitrogen and oxygen atoms in total. The van der Waals surface area contributed by atoms with E-state index in [0.29, 0.717) is 18.9 Å². The van der Waals surface area contributed by atoms with Gasteiger partial charge in [0.2, 0.25) is 17.7 Å². The standard InChI is InChI=1S/C12H21N3O4.C12H21NOS/c1-12(2,3)19-11(18)14-7-9(16)15-6-4-5-8(15)10(13)17;1-3-4-5-6-7-8-10-9-11(10)12(14)13-15-2/h8H,4-7H2,1-3H3,(H2,13,17)(H,14,18);7-8,10-11H,3-6,9H2,1-2H3,(H,13,14)/b;8-7-. The summed E-state index contributed by atoms with van der Waals surface area (Å²) in [6.45, 7) is 7.71. The zero-order valence-corrected chi connectivity index (χ0v) is 22.0. The van der Waals surface area contributed by atoms with Crippen LogP contribution in [0.4, 0.5) is 4.79 Å². The van der Waals surface area contributed by atoms with Gasteiger partial charge in [-0.1, -0.05) is 43.9 Å². The van der Waals surface area contributed by atoms with Crippen LogP contribution in [-0.4, -0.2) is 59.7 Å². The number of nitrogens with two attached hydrogens (primary N) is 1.